The van der Waals surface area contributed by atoms with Gasteiger partial charge >= 0.3 is 0 Å². The maximum absolute atomic E-state index is 13.7. The smallest absolute Gasteiger partial charge is 0.152 e. The summed E-state index contributed by atoms with van der Waals surface area (Å²) in [6.45, 7) is 7.27. The quantitative estimate of drug-likeness (QED) is 0.894. The summed E-state index contributed by atoms with van der Waals surface area (Å²) in [6, 6.07) is 1.48. The van der Waals surface area contributed by atoms with E-state index in [1.165, 1.54) is 0 Å². The molecule has 0 radical (unpaired) electrons. The van der Waals surface area contributed by atoms with Crippen molar-refractivity contribution >= 4 is 5.69 Å². The summed E-state index contributed by atoms with van der Waals surface area (Å²) < 4.78 is 40.3. The molecule has 1 fully saturated rings. The van der Waals surface area contributed by atoms with Crippen molar-refractivity contribution in [2.75, 3.05) is 31.1 Å². The summed E-state index contributed by atoms with van der Waals surface area (Å²) in [5.74, 6) is -1.56. The first kappa shape index (κ1) is 15.2. The van der Waals surface area contributed by atoms with Gasteiger partial charge in [-0.15, -0.1) is 0 Å². The van der Waals surface area contributed by atoms with Gasteiger partial charge in [0.15, 0.2) is 11.6 Å². The lowest BCUT2D eigenvalue weighted by molar-refractivity contribution is 0.476. The number of rotatable bonds is 5. The Morgan fingerprint density at radius 3 is 2.50 bits per heavy atom. The Morgan fingerprint density at radius 1 is 1.25 bits per heavy atom. The number of nitrogens with one attached hydrogen (secondary N) is 1. The molecule has 0 aromatic heterocycles. The van der Waals surface area contributed by atoms with Crippen molar-refractivity contribution in [3.8, 4) is 0 Å². The van der Waals surface area contributed by atoms with E-state index in [0.29, 0.717) is 24.9 Å². The van der Waals surface area contributed by atoms with Gasteiger partial charge in [-0.05, 0) is 31.3 Å². The van der Waals surface area contributed by atoms with E-state index in [0.717, 1.165) is 31.6 Å². The minimum absolute atomic E-state index is 0.0993. The Bertz CT molecular complexity index is 439. The molecule has 0 amide bonds. The molecule has 0 bridgehead atoms. The second kappa shape index (κ2) is 6.48. The van der Waals surface area contributed by atoms with Crippen molar-refractivity contribution in [2.24, 2.45) is 11.8 Å². The van der Waals surface area contributed by atoms with E-state index in [2.05, 4.69) is 19.2 Å². The highest BCUT2D eigenvalue weighted by atomic mass is 19.1. The van der Waals surface area contributed by atoms with Crippen molar-refractivity contribution in [1.82, 2.24) is 5.32 Å². The number of hydrogen-bond acceptors (Lipinski definition) is 2. The average Bonchev–Trinajstić information content (AvgIpc) is 2.75. The zero-order valence-electron chi connectivity index (χ0n) is 11.9. The van der Waals surface area contributed by atoms with Gasteiger partial charge < -0.3 is 10.2 Å². The number of anilines is 1. The molecule has 1 aliphatic rings. The number of hydrogen-bond donors (Lipinski definition) is 1. The van der Waals surface area contributed by atoms with Crippen LogP contribution in [0, 0.1) is 29.3 Å². The van der Waals surface area contributed by atoms with Crippen molar-refractivity contribution in [2.45, 2.75) is 20.3 Å². The largest absolute Gasteiger partial charge is 0.366 e. The number of benzene rings is 1. The second-order valence-electron chi connectivity index (χ2n) is 5.87. The van der Waals surface area contributed by atoms with Gasteiger partial charge in [-0.3, -0.25) is 0 Å². The van der Waals surface area contributed by atoms with Crippen LogP contribution < -0.4 is 10.2 Å². The lowest BCUT2D eigenvalue weighted by atomic mass is 10.1. The fourth-order valence-electron chi connectivity index (χ4n) is 2.62. The maximum atomic E-state index is 13.7. The molecule has 1 heterocycles. The highest BCUT2D eigenvalue weighted by Crippen LogP contribution is 2.29. The van der Waals surface area contributed by atoms with Gasteiger partial charge in [0.25, 0.3) is 0 Å². The van der Waals surface area contributed by atoms with Crippen LogP contribution in [0.2, 0.25) is 0 Å². The van der Waals surface area contributed by atoms with Crippen LogP contribution in [0.4, 0.5) is 18.9 Å². The molecular formula is C15H21F3N2. The van der Waals surface area contributed by atoms with Gasteiger partial charge in [0.1, 0.15) is 11.5 Å². The Balaban J connectivity index is 1.96. The van der Waals surface area contributed by atoms with Crippen molar-refractivity contribution < 1.29 is 13.2 Å². The molecule has 1 atom stereocenters. The van der Waals surface area contributed by atoms with Crippen molar-refractivity contribution in [1.29, 1.82) is 0 Å². The van der Waals surface area contributed by atoms with E-state index < -0.39 is 17.5 Å². The SMILES string of the molecule is CC(C)CNCC1CCN(c2c(F)cc(F)cc2F)C1. The number of nitrogens with zero attached hydrogens (tertiary/aromatic N) is 1. The molecule has 1 saturated heterocycles. The van der Waals surface area contributed by atoms with Gasteiger partial charge in [0, 0.05) is 25.2 Å². The highest BCUT2D eigenvalue weighted by Gasteiger charge is 2.27. The van der Waals surface area contributed by atoms with Crippen LogP contribution in [0.15, 0.2) is 12.1 Å². The molecule has 20 heavy (non-hydrogen) atoms. The van der Waals surface area contributed by atoms with Crippen LogP contribution in [0.25, 0.3) is 0 Å². The van der Waals surface area contributed by atoms with Crippen molar-refractivity contribution in [3.63, 3.8) is 0 Å². The predicted octanol–water partition coefficient (Wildman–Crippen LogP) is 3.18. The average molecular weight is 286 g/mol. The molecule has 5 heteroatoms. The molecule has 0 spiro atoms. The summed E-state index contributed by atoms with van der Waals surface area (Å²) in [5, 5.41) is 3.36. The van der Waals surface area contributed by atoms with Gasteiger partial charge in [0.2, 0.25) is 0 Å². The fraction of sp³-hybridized carbons (Fsp3) is 0.600. The molecule has 0 saturated carbocycles. The topological polar surface area (TPSA) is 15.3 Å². The molecule has 1 N–H and O–H groups in total. The third-order valence-corrected chi connectivity index (χ3v) is 3.57. The monoisotopic (exact) mass is 286 g/mol. The predicted molar refractivity (Wildman–Crippen MR) is 74.3 cm³/mol. The van der Waals surface area contributed by atoms with E-state index in [1.54, 1.807) is 4.90 Å². The third kappa shape index (κ3) is 3.66. The van der Waals surface area contributed by atoms with E-state index in [-0.39, 0.29) is 5.69 Å². The van der Waals surface area contributed by atoms with Crippen LogP contribution in [0.3, 0.4) is 0 Å². The molecule has 1 aromatic rings. The molecule has 1 unspecified atom stereocenters. The Hall–Kier alpha value is -1.23. The van der Waals surface area contributed by atoms with Gasteiger partial charge in [-0.25, -0.2) is 13.2 Å². The lowest BCUT2D eigenvalue weighted by Gasteiger charge is -2.20. The Labute approximate surface area is 118 Å². The summed E-state index contributed by atoms with van der Waals surface area (Å²) in [4.78, 5) is 1.67. The highest BCUT2D eigenvalue weighted by molar-refractivity contribution is 5.50. The second-order valence-corrected chi connectivity index (χ2v) is 5.87. The van der Waals surface area contributed by atoms with Gasteiger partial charge in [-0.2, -0.15) is 0 Å². The van der Waals surface area contributed by atoms with E-state index >= 15 is 0 Å². The van der Waals surface area contributed by atoms with Crippen molar-refractivity contribution in [3.05, 3.63) is 29.6 Å². The molecule has 0 aliphatic carbocycles. The minimum atomic E-state index is -0.877. The van der Waals surface area contributed by atoms with Crippen LogP contribution in [0.5, 0.6) is 0 Å². The van der Waals surface area contributed by atoms with E-state index in [1.807, 2.05) is 0 Å². The van der Waals surface area contributed by atoms with Gasteiger partial charge in [-0.1, -0.05) is 13.8 Å². The molecule has 112 valence electrons. The first-order valence-electron chi connectivity index (χ1n) is 7.07. The van der Waals surface area contributed by atoms with Crippen LogP contribution in [-0.2, 0) is 0 Å². The molecule has 1 aromatic carbocycles. The summed E-state index contributed by atoms with van der Waals surface area (Å²) in [5.41, 5.74) is -0.0993. The molecule has 1 aliphatic heterocycles. The minimum Gasteiger partial charge on any atom is -0.366 e. The van der Waals surface area contributed by atoms with E-state index in [9.17, 15) is 13.2 Å². The Morgan fingerprint density at radius 2 is 1.90 bits per heavy atom. The van der Waals surface area contributed by atoms with Crippen LogP contribution in [0.1, 0.15) is 20.3 Å². The first-order chi connectivity index (χ1) is 9.47. The zero-order valence-corrected chi connectivity index (χ0v) is 11.9. The normalized spacial score (nSPS) is 19.1. The molecule has 2 rings (SSSR count). The Kier molecular flexibility index (Phi) is 4.91. The van der Waals surface area contributed by atoms with Crippen LogP contribution in [-0.4, -0.2) is 26.2 Å². The molecular weight excluding hydrogens is 265 g/mol. The first-order valence-corrected chi connectivity index (χ1v) is 7.07. The molecule has 2 nitrogen and oxygen atoms in total. The van der Waals surface area contributed by atoms with Crippen LogP contribution >= 0.6 is 0 Å². The summed E-state index contributed by atoms with van der Waals surface area (Å²) in [6.07, 6.45) is 0.890. The third-order valence-electron chi connectivity index (χ3n) is 3.57. The number of halogens is 3. The lowest BCUT2D eigenvalue weighted by Crippen LogP contribution is -2.29. The fourth-order valence-corrected chi connectivity index (χ4v) is 2.62. The summed E-state index contributed by atoms with van der Waals surface area (Å²) in [7, 11) is 0. The summed E-state index contributed by atoms with van der Waals surface area (Å²) >= 11 is 0. The standard InChI is InChI=1S/C15H21F3N2/c1-10(2)7-19-8-11-3-4-20(9-11)15-13(17)5-12(16)6-14(15)18/h5-6,10-11,19H,3-4,7-9H2,1-2H3. The zero-order chi connectivity index (χ0) is 14.7. The van der Waals surface area contributed by atoms with E-state index in [4.69, 9.17) is 0 Å². The van der Waals surface area contributed by atoms with Gasteiger partial charge in [0.05, 0.1) is 0 Å². The maximum Gasteiger partial charge on any atom is 0.152 e.